The Hall–Kier alpha value is -1.94. The highest BCUT2D eigenvalue weighted by atomic mass is 15.2. The smallest absolute Gasteiger partial charge is 0.223 e. The fourth-order valence-electron chi connectivity index (χ4n) is 3.09. The van der Waals surface area contributed by atoms with Crippen LogP contribution in [0.2, 0.25) is 0 Å². The van der Waals surface area contributed by atoms with Crippen molar-refractivity contribution in [2.24, 2.45) is 0 Å². The van der Waals surface area contributed by atoms with Gasteiger partial charge in [-0.15, -0.1) is 0 Å². The van der Waals surface area contributed by atoms with Gasteiger partial charge in [-0.2, -0.15) is 0 Å². The van der Waals surface area contributed by atoms with Crippen LogP contribution in [0, 0.1) is 13.8 Å². The Morgan fingerprint density at radius 1 is 1.27 bits per heavy atom. The lowest BCUT2D eigenvalue weighted by molar-refractivity contribution is 0.208. The summed E-state index contributed by atoms with van der Waals surface area (Å²) in [4.78, 5) is 11.3. The molecule has 0 bridgehead atoms. The van der Waals surface area contributed by atoms with Crippen LogP contribution in [0.3, 0.4) is 0 Å². The number of likely N-dealkylation sites (tertiary alicyclic amines) is 1. The Morgan fingerprint density at radius 2 is 2.18 bits per heavy atom. The van der Waals surface area contributed by atoms with Crippen LogP contribution in [-0.4, -0.2) is 34.0 Å². The first-order valence-electron chi connectivity index (χ1n) is 8.03. The lowest BCUT2D eigenvalue weighted by Crippen LogP contribution is -2.41. The molecule has 4 nitrogen and oxygen atoms in total. The van der Waals surface area contributed by atoms with E-state index in [0.29, 0.717) is 6.04 Å². The average molecular weight is 296 g/mol. The number of piperidine rings is 1. The van der Waals surface area contributed by atoms with Gasteiger partial charge in [0.15, 0.2) is 0 Å². The van der Waals surface area contributed by atoms with Crippen molar-refractivity contribution in [1.82, 2.24) is 14.9 Å². The number of nitrogens with one attached hydrogen (secondary N) is 1. The molecule has 2 aromatic rings. The molecule has 1 N–H and O–H groups in total. The van der Waals surface area contributed by atoms with Gasteiger partial charge in [0.05, 0.1) is 0 Å². The molecule has 116 valence electrons. The van der Waals surface area contributed by atoms with Gasteiger partial charge < -0.3 is 5.32 Å². The van der Waals surface area contributed by atoms with Crippen LogP contribution in [0.25, 0.3) is 0 Å². The van der Waals surface area contributed by atoms with Crippen LogP contribution in [0.5, 0.6) is 0 Å². The molecule has 0 saturated carbocycles. The maximum Gasteiger partial charge on any atom is 0.223 e. The zero-order valence-corrected chi connectivity index (χ0v) is 13.4. The van der Waals surface area contributed by atoms with Crippen molar-refractivity contribution < 1.29 is 0 Å². The largest absolute Gasteiger partial charge is 0.350 e. The first-order valence-corrected chi connectivity index (χ1v) is 8.03. The van der Waals surface area contributed by atoms with Crippen LogP contribution >= 0.6 is 0 Å². The molecule has 0 aliphatic carbocycles. The second-order valence-electron chi connectivity index (χ2n) is 6.23. The summed E-state index contributed by atoms with van der Waals surface area (Å²) < 4.78 is 0. The molecule has 1 atom stereocenters. The number of benzene rings is 1. The third-order valence-electron chi connectivity index (χ3n) is 4.12. The molecule has 1 aromatic carbocycles. The van der Waals surface area contributed by atoms with E-state index in [4.69, 9.17) is 0 Å². The van der Waals surface area contributed by atoms with Crippen LogP contribution in [0.4, 0.5) is 5.95 Å². The van der Waals surface area contributed by atoms with Gasteiger partial charge >= 0.3 is 0 Å². The SMILES string of the molecule is Cc1cccc(CN2CCCC(Nc3nccc(C)n3)C2)c1. The van der Waals surface area contributed by atoms with E-state index in [1.165, 1.54) is 30.5 Å². The molecule has 3 rings (SSSR count). The molecule has 1 fully saturated rings. The van der Waals surface area contributed by atoms with Crippen LogP contribution in [0.15, 0.2) is 36.5 Å². The Bertz CT molecular complexity index is 572. The molecule has 22 heavy (non-hydrogen) atoms. The van der Waals surface area contributed by atoms with Crippen molar-refractivity contribution in [3.63, 3.8) is 0 Å². The Morgan fingerprint density at radius 3 is 3.00 bits per heavy atom. The molecule has 4 heteroatoms. The van der Waals surface area contributed by atoms with E-state index in [0.717, 1.165) is 24.7 Å². The van der Waals surface area contributed by atoms with E-state index in [1.54, 1.807) is 0 Å². The third kappa shape index (κ3) is 4.04. The monoisotopic (exact) mass is 296 g/mol. The molecule has 2 heterocycles. The highest BCUT2D eigenvalue weighted by Gasteiger charge is 2.20. The molecular formula is C18H24N4. The number of anilines is 1. The maximum atomic E-state index is 4.45. The summed E-state index contributed by atoms with van der Waals surface area (Å²) >= 11 is 0. The Labute approximate surface area is 132 Å². The van der Waals surface area contributed by atoms with E-state index < -0.39 is 0 Å². The lowest BCUT2D eigenvalue weighted by Gasteiger charge is -2.33. The predicted octanol–water partition coefficient (Wildman–Crippen LogP) is 3.17. The molecule has 0 amide bonds. The standard InChI is InChI=1S/C18H24N4/c1-14-5-3-6-16(11-14)12-22-10-4-7-17(13-22)21-18-19-9-8-15(2)20-18/h3,5-6,8-9,11,17H,4,7,10,12-13H2,1-2H3,(H,19,20,21). The van der Waals surface area contributed by atoms with Crippen molar-refractivity contribution in [3.8, 4) is 0 Å². The summed E-state index contributed by atoms with van der Waals surface area (Å²) in [5.41, 5.74) is 3.73. The molecule has 1 aromatic heterocycles. The number of aromatic nitrogens is 2. The van der Waals surface area contributed by atoms with Gasteiger partial charge in [-0.1, -0.05) is 29.8 Å². The maximum absolute atomic E-state index is 4.45. The average Bonchev–Trinajstić information content (AvgIpc) is 2.47. The number of rotatable bonds is 4. The Balaban J connectivity index is 1.59. The number of aryl methyl sites for hydroxylation is 2. The van der Waals surface area contributed by atoms with Crippen molar-refractivity contribution in [2.45, 2.75) is 39.3 Å². The molecule has 0 radical (unpaired) electrons. The predicted molar refractivity (Wildman–Crippen MR) is 89.9 cm³/mol. The highest BCUT2D eigenvalue weighted by Crippen LogP contribution is 2.17. The van der Waals surface area contributed by atoms with Gasteiger partial charge in [0.25, 0.3) is 0 Å². The summed E-state index contributed by atoms with van der Waals surface area (Å²) in [6, 6.07) is 11.1. The van der Waals surface area contributed by atoms with E-state index in [1.807, 2.05) is 19.2 Å². The van der Waals surface area contributed by atoms with Crippen LogP contribution in [0.1, 0.15) is 29.7 Å². The van der Waals surface area contributed by atoms with Crippen molar-refractivity contribution in [2.75, 3.05) is 18.4 Å². The molecule has 1 unspecified atom stereocenters. The van der Waals surface area contributed by atoms with E-state index in [-0.39, 0.29) is 0 Å². The minimum absolute atomic E-state index is 0.431. The normalized spacial score (nSPS) is 19.1. The van der Waals surface area contributed by atoms with Crippen molar-refractivity contribution in [3.05, 3.63) is 53.3 Å². The van der Waals surface area contributed by atoms with Gasteiger partial charge in [0.1, 0.15) is 0 Å². The van der Waals surface area contributed by atoms with E-state index in [9.17, 15) is 0 Å². The van der Waals surface area contributed by atoms with Gasteiger partial charge in [-0.05, 0) is 44.9 Å². The molecular weight excluding hydrogens is 272 g/mol. The Kier molecular flexibility index (Phi) is 4.68. The minimum atomic E-state index is 0.431. The molecule has 1 saturated heterocycles. The lowest BCUT2D eigenvalue weighted by atomic mass is 10.0. The minimum Gasteiger partial charge on any atom is -0.350 e. The fraction of sp³-hybridized carbons (Fsp3) is 0.444. The molecule has 1 aliphatic heterocycles. The van der Waals surface area contributed by atoms with E-state index in [2.05, 4.69) is 51.4 Å². The van der Waals surface area contributed by atoms with Gasteiger partial charge in [0.2, 0.25) is 5.95 Å². The second kappa shape index (κ2) is 6.88. The van der Waals surface area contributed by atoms with Gasteiger partial charge in [-0.3, -0.25) is 4.90 Å². The quantitative estimate of drug-likeness (QED) is 0.941. The zero-order valence-electron chi connectivity index (χ0n) is 13.4. The summed E-state index contributed by atoms with van der Waals surface area (Å²) in [5.74, 6) is 0.752. The first-order chi connectivity index (χ1) is 10.7. The molecule has 0 spiro atoms. The first kappa shape index (κ1) is 15.0. The zero-order chi connectivity index (χ0) is 15.4. The summed E-state index contributed by atoms with van der Waals surface area (Å²) in [5, 5.41) is 3.48. The van der Waals surface area contributed by atoms with E-state index >= 15 is 0 Å². The summed E-state index contributed by atoms with van der Waals surface area (Å²) in [6.07, 6.45) is 4.22. The summed E-state index contributed by atoms with van der Waals surface area (Å²) in [6.45, 7) is 7.39. The van der Waals surface area contributed by atoms with Gasteiger partial charge in [0, 0.05) is 31.0 Å². The molecule has 1 aliphatic rings. The van der Waals surface area contributed by atoms with Crippen molar-refractivity contribution >= 4 is 5.95 Å². The second-order valence-corrected chi connectivity index (χ2v) is 6.23. The number of nitrogens with zero attached hydrogens (tertiary/aromatic N) is 3. The highest BCUT2D eigenvalue weighted by molar-refractivity contribution is 5.27. The van der Waals surface area contributed by atoms with Gasteiger partial charge in [-0.25, -0.2) is 9.97 Å². The fourth-order valence-corrected chi connectivity index (χ4v) is 3.09. The number of hydrogen-bond acceptors (Lipinski definition) is 4. The van der Waals surface area contributed by atoms with Crippen molar-refractivity contribution in [1.29, 1.82) is 0 Å². The third-order valence-corrected chi connectivity index (χ3v) is 4.12. The number of hydrogen-bond donors (Lipinski definition) is 1. The summed E-state index contributed by atoms with van der Waals surface area (Å²) in [7, 11) is 0. The topological polar surface area (TPSA) is 41.0 Å². The van der Waals surface area contributed by atoms with Crippen LogP contribution < -0.4 is 5.32 Å². The van der Waals surface area contributed by atoms with Crippen LogP contribution in [-0.2, 0) is 6.54 Å².